The maximum atomic E-state index is 9.02. The summed E-state index contributed by atoms with van der Waals surface area (Å²) in [5.74, 6) is 2.05. The first-order valence-corrected chi connectivity index (χ1v) is 8.62. The van der Waals surface area contributed by atoms with Gasteiger partial charge in [0.1, 0.15) is 11.8 Å². The van der Waals surface area contributed by atoms with E-state index in [4.69, 9.17) is 10.00 Å². The van der Waals surface area contributed by atoms with Gasteiger partial charge < -0.3 is 9.64 Å². The number of hydrogen-bond acceptors (Lipinski definition) is 4. The van der Waals surface area contributed by atoms with Crippen molar-refractivity contribution in [2.45, 2.75) is 26.8 Å². The summed E-state index contributed by atoms with van der Waals surface area (Å²) in [5.41, 5.74) is 3.65. The molecule has 0 aliphatic carbocycles. The second-order valence-corrected chi connectivity index (χ2v) is 6.96. The SMILES string of the molecule is CC(C)CCN(C)Cc1ccc2c(c1)C=Cc1cc(C#N)cnc1O2. The third-order valence-electron chi connectivity index (χ3n) is 4.27. The van der Waals surface area contributed by atoms with Crippen molar-refractivity contribution in [3.8, 4) is 17.7 Å². The fourth-order valence-electron chi connectivity index (χ4n) is 2.81. The normalized spacial score (nSPS) is 12.3. The zero-order valence-corrected chi connectivity index (χ0v) is 15.0. The van der Waals surface area contributed by atoms with E-state index in [0.29, 0.717) is 11.4 Å². The van der Waals surface area contributed by atoms with Gasteiger partial charge in [0.05, 0.1) is 5.56 Å². The molecule has 1 aliphatic heterocycles. The number of nitrogens with zero attached hydrogens (tertiary/aromatic N) is 3. The zero-order valence-electron chi connectivity index (χ0n) is 15.0. The summed E-state index contributed by atoms with van der Waals surface area (Å²) in [7, 11) is 2.16. The predicted octanol–water partition coefficient (Wildman–Crippen LogP) is 4.71. The second-order valence-electron chi connectivity index (χ2n) is 6.96. The monoisotopic (exact) mass is 333 g/mol. The van der Waals surface area contributed by atoms with Crippen molar-refractivity contribution in [3.05, 3.63) is 52.7 Å². The third-order valence-corrected chi connectivity index (χ3v) is 4.27. The Bertz CT molecular complexity index is 834. The number of fused-ring (bicyclic) bond motifs is 2. The predicted molar refractivity (Wildman–Crippen MR) is 100 cm³/mol. The number of rotatable bonds is 5. The first-order chi connectivity index (χ1) is 12.0. The number of hydrogen-bond donors (Lipinski definition) is 0. The number of ether oxygens (including phenoxy) is 1. The number of pyridine rings is 1. The van der Waals surface area contributed by atoms with Gasteiger partial charge in [-0.25, -0.2) is 4.98 Å². The highest BCUT2D eigenvalue weighted by Crippen LogP contribution is 2.33. The van der Waals surface area contributed by atoms with E-state index in [1.807, 2.05) is 18.2 Å². The molecule has 0 spiro atoms. The lowest BCUT2D eigenvalue weighted by Gasteiger charge is -2.18. The molecule has 1 aliphatic rings. The van der Waals surface area contributed by atoms with Crippen LogP contribution in [0.4, 0.5) is 0 Å². The highest BCUT2D eigenvalue weighted by molar-refractivity contribution is 5.77. The van der Waals surface area contributed by atoms with Gasteiger partial charge in [0.15, 0.2) is 0 Å². The molecule has 0 N–H and O–H groups in total. The average molecular weight is 333 g/mol. The van der Waals surface area contributed by atoms with Crippen LogP contribution in [0.3, 0.4) is 0 Å². The van der Waals surface area contributed by atoms with Gasteiger partial charge >= 0.3 is 0 Å². The van der Waals surface area contributed by atoms with Crippen LogP contribution in [0, 0.1) is 17.2 Å². The Labute approximate surface area is 149 Å². The van der Waals surface area contributed by atoms with Crippen molar-refractivity contribution in [2.24, 2.45) is 5.92 Å². The van der Waals surface area contributed by atoms with Gasteiger partial charge in [0.2, 0.25) is 5.88 Å². The van der Waals surface area contributed by atoms with E-state index < -0.39 is 0 Å². The fourth-order valence-corrected chi connectivity index (χ4v) is 2.81. The summed E-state index contributed by atoms with van der Waals surface area (Å²) in [6.07, 6.45) is 6.73. The van der Waals surface area contributed by atoms with Crippen LogP contribution in [-0.4, -0.2) is 23.5 Å². The second kappa shape index (κ2) is 7.50. The van der Waals surface area contributed by atoms with Crippen molar-refractivity contribution in [1.82, 2.24) is 9.88 Å². The Hall–Kier alpha value is -2.64. The first kappa shape index (κ1) is 17.2. The molecule has 0 unspecified atom stereocenters. The summed E-state index contributed by atoms with van der Waals surface area (Å²) in [5, 5.41) is 9.02. The van der Waals surface area contributed by atoms with E-state index in [1.54, 1.807) is 6.07 Å². The molecule has 4 nitrogen and oxygen atoms in total. The molecule has 25 heavy (non-hydrogen) atoms. The maximum Gasteiger partial charge on any atom is 0.226 e. The lowest BCUT2D eigenvalue weighted by atomic mass is 10.1. The minimum atomic E-state index is 0.533. The number of benzene rings is 1. The van der Waals surface area contributed by atoms with Gasteiger partial charge in [-0.15, -0.1) is 0 Å². The Balaban J connectivity index is 1.79. The van der Waals surface area contributed by atoms with Crippen LogP contribution in [0.5, 0.6) is 11.6 Å². The summed E-state index contributed by atoms with van der Waals surface area (Å²) in [6.45, 7) is 6.51. The molecule has 2 heterocycles. The van der Waals surface area contributed by atoms with Crippen LogP contribution in [0.1, 0.15) is 42.5 Å². The summed E-state index contributed by atoms with van der Waals surface area (Å²) < 4.78 is 5.94. The standard InChI is InChI=1S/C21H23N3O/c1-15(2)8-9-24(3)14-16-4-7-20-18(10-16)5-6-19-11-17(12-22)13-23-21(19)25-20/h4-7,10-11,13,15H,8-9,14H2,1-3H3. The summed E-state index contributed by atoms with van der Waals surface area (Å²) in [4.78, 5) is 6.60. The van der Waals surface area contributed by atoms with Crippen molar-refractivity contribution in [2.75, 3.05) is 13.6 Å². The molecule has 0 amide bonds. The topological polar surface area (TPSA) is 49.2 Å². The first-order valence-electron chi connectivity index (χ1n) is 8.62. The maximum absolute atomic E-state index is 9.02. The smallest absolute Gasteiger partial charge is 0.226 e. The van der Waals surface area contributed by atoms with Crippen LogP contribution in [0.2, 0.25) is 0 Å². The van der Waals surface area contributed by atoms with Crippen molar-refractivity contribution >= 4 is 12.2 Å². The molecule has 0 saturated carbocycles. The van der Waals surface area contributed by atoms with Crippen LogP contribution in [0.15, 0.2) is 30.5 Å². The highest BCUT2D eigenvalue weighted by Gasteiger charge is 2.13. The Morgan fingerprint density at radius 3 is 2.76 bits per heavy atom. The lowest BCUT2D eigenvalue weighted by molar-refractivity contribution is 0.303. The van der Waals surface area contributed by atoms with E-state index in [1.165, 1.54) is 18.2 Å². The van der Waals surface area contributed by atoms with Crippen LogP contribution >= 0.6 is 0 Å². The molecule has 4 heteroatoms. The Morgan fingerprint density at radius 1 is 1.20 bits per heavy atom. The number of aromatic nitrogens is 1. The van der Waals surface area contributed by atoms with E-state index in [0.717, 1.165) is 35.9 Å². The largest absolute Gasteiger partial charge is 0.438 e. The van der Waals surface area contributed by atoms with E-state index >= 15 is 0 Å². The number of nitriles is 1. The molecular weight excluding hydrogens is 310 g/mol. The molecule has 1 aromatic carbocycles. The minimum absolute atomic E-state index is 0.533. The van der Waals surface area contributed by atoms with Crippen molar-refractivity contribution in [1.29, 1.82) is 5.26 Å². The molecule has 0 saturated heterocycles. The molecule has 128 valence electrons. The van der Waals surface area contributed by atoms with Crippen LogP contribution in [0.25, 0.3) is 12.2 Å². The average Bonchev–Trinajstić information content (AvgIpc) is 2.78. The molecule has 0 atom stereocenters. The van der Waals surface area contributed by atoms with Gasteiger partial charge in [0.25, 0.3) is 0 Å². The molecule has 1 aromatic heterocycles. The molecular formula is C21H23N3O. The van der Waals surface area contributed by atoms with Crippen LogP contribution < -0.4 is 4.74 Å². The highest BCUT2D eigenvalue weighted by atomic mass is 16.5. The van der Waals surface area contributed by atoms with E-state index in [2.05, 4.69) is 49.0 Å². The zero-order chi connectivity index (χ0) is 17.8. The summed E-state index contributed by atoms with van der Waals surface area (Å²) in [6, 6.07) is 10.2. The fraction of sp³-hybridized carbons (Fsp3) is 0.333. The Morgan fingerprint density at radius 2 is 2.00 bits per heavy atom. The van der Waals surface area contributed by atoms with Crippen LogP contribution in [-0.2, 0) is 6.54 Å². The molecule has 2 aromatic rings. The van der Waals surface area contributed by atoms with Crippen molar-refractivity contribution < 1.29 is 4.74 Å². The van der Waals surface area contributed by atoms with E-state index in [-0.39, 0.29) is 0 Å². The molecule has 3 rings (SSSR count). The molecule has 0 fully saturated rings. The van der Waals surface area contributed by atoms with E-state index in [9.17, 15) is 0 Å². The molecule has 0 bridgehead atoms. The third kappa shape index (κ3) is 4.26. The quantitative estimate of drug-likeness (QED) is 0.678. The van der Waals surface area contributed by atoms with Gasteiger partial charge in [0, 0.05) is 23.9 Å². The van der Waals surface area contributed by atoms with Gasteiger partial charge in [-0.2, -0.15) is 5.26 Å². The molecule has 0 radical (unpaired) electrons. The minimum Gasteiger partial charge on any atom is -0.438 e. The van der Waals surface area contributed by atoms with Crippen molar-refractivity contribution in [3.63, 3.8) is 0 Å². The summed E-state index contributed by atoms with van der Waals surface area (Å²) >= 11 is 0. The van der Waals surface area contributed by atoms with Gasteiger partial charge in [-0.3, -0.25) is 0 Å². The lowest BCUT2D eigenvalue weighted by Crippen LogP contribution is -2.20. The Kier molecular flexibility index (Phi) is 5.16. The van der Waals surface area contributed by atoms with Gasteiger partial charge in [-0.05, 0) is 55.8 Å². The van der Waals surface area contributed by atoms with Gasteiger partial charge in [-0.1, -0.05) is 26.0 Å².